The van der Waals surface area contributed by atoms with E-state index >= 15 is 0 Å². The third-order valence-electron chi connectivity index (χ3n) is 4.64. The molecule has 0 aromatic heterocycles. The van der Waals surface area contributed by atoms with E-state index in [9.17, 15) is 13.2 Å². The molecule has 1 heterocycles. The van der Waals surface area contributed by atoms with Gasteiger partial charge in [-0.2, -0.15) is 13.2 Å². The van der Waals surface area contributed by atoms with Gasteiger partial charge < -0.3 is 10.6 Å². The summed E-state index contributed by atoms with van der Waals surface area (Å²) in [6.45, 7) is 2.57. The number of halogens is 3. The number of hydrogen-bond donors (Lipinski definition) is 1. The van der Waals surface area contributed by atoms with Crippen LogP contribution in [0.1, 0.15) is 37.3 Å². The normalized spacial score (nSPS) is 26.4. The van der Waals surface area contributed by atoms with Gasteiger partial charge in [-0.1, -0.05) is 6.07 Å². The minimum absolute atomic E-state index is 0.139. The second-order valence-electron chi connectivity index (χ2n) is 6.52. The fraction of sp³-hybridized carbons (Fsp3) is 0.625. The molecule has 5 heteroatoms. The van der Waals surface area contributed by atoms with Crippen LogP contribution >= 0.6 is 0 Å². The van der Waals surface area contributed by atoms with E-state index in [4.69, 9.17) is 5.73 Å². The molecule has 2 N–H and O–H groups in total. The van der Waals surface area contributed by atoms with E-state index in [1.807, 2.05) is 4.90 Å². The molecule has 1 saturated carbocycles. The quantitative estimate of drug-likeness (QED) is 0.924. The Hall–Kier alpha value is -1.23. The van der Waals surface area contributed by atoms with Gasteiger partial charge >= 0.3 is 6.18 Å². The highest BCUT2D eigenvalue weighted by Gasteiger charge is 2.42. The van der Waals surface area contributed by atoms with Crippen LogP contribution in [0.4, 0.5) is 18.9 Å². The Balaban J connectivity index is 1.96. The van der Waals surface area contributed by atoms with Crippen molar-refractivity contribution in [2.75, 3.05) is 11.4 Å². The van der Waals surface area contributed by atoms with E-state index in [-0.39, 0.29) is 12.1 Å². The van der Waals surface area contributed by atoms with Crippen LogP contribution in [0.15, 0.2) is 18.2 Å². The molecule has 3 rings (SSSR count). The lowest BCUT2D eigenvalue weighted by molar-refractivity contribution is -0.137. The zero-order chi connectivity index (χ0) is 15.2. The van der Waals surface area contributed by atoms with Crippen molar-refractivity contribution in [3.05, 3.63) is 29.3 Å². The maximum absolute atomic E-state index is 13.4. The molecule has 116 valence electrons. The third-order valence-corrected chi connectivity index (χ3v) is 4.64. The van der Waals surface area contributed by atoms with Gasteiger partial charge in [0.1, 0.15) is 0 Å². The van der Waals surface area contributed by atoms with Crippen molar-refractivity contribution in [2.45, 2.75) is 50.9 Å². The molecule has 1 aromatic rings. The van der Waals surface area contributed by atoms with Gasteiger partial charge in [0.25, 0.3) is 0 Å². The fourth-order valence-electron chi connectivity index (χ4n) is 3.78. The molecule has 2 fully saturated rings. The smallest absolute Gasteiger partial charge is 0.368 e. The van der Waals surface area contributed by atoms with Gasteiger partial charge in [-0.15, -0.1) is 0 Å². The Bertz CT molecular complexity index is 525. The molecule has 1 aromatic carbocycles. The topological polar surface area (TPSA) is 29.3 Å². The number of rotatable bonds is 3. The van der Waals surface area contributed by atoms with Crippen molar-refractivity contribution >= 4 is 5.69 Å². The van der Waals surface area contributed by atoms with Crippen molar-refractivity contribution in [1.29, 1.82) is 0 Å². The van der Waals surface area contributed by atoms with Gasteiger partial charge in [-0.05, 0) is 56.2 Å². The maximum atomic E-state index is 13.4. The van der Waals surface area contributed by atoms with Crippen LogP contribution in [-0.4, -0.2) is 18.6 Å². The molecule has 0 spiro atoms. The van der Waals surface area contributed by atoms with Gasteiger partial charge in [0, 0.05) is 24.3 Å². The first kappa shape index (κ1) is 14.7. The third kappa shape index (κ3) is 2.89. The SMILES string of the molecule is CC(N)Cc1ccc(N2CC3CCC2C3)c(C(F)(F)F)c1. The molecular weight excluding hydrogens is 277 g/mol. The zero-order valence-electron chi connectivity index (χ0n) is 12.2. The Kier molecular flexibility index (Phi) is 3.64. The number of piperidine rings is 1. The van der Waals surface area contributed by atoms with Crippen molar-refractivity contribution in [3.8, 4) is 0 Å². The summed E-state index contributed by atoms with van der Waals surface area (Å²) >= 11 is 0. The summed E-state index contributed by atoms with van der Waals surface area (Å²) in [5.41, 5.74) is 6.20. The molecule has 2 bridgehead atoms. The summed E-state index contributed by atoms with van der Waals surface area (Å²) in [6, 6.07) is 4.86. The molecule has 2 aliphatic rings. The number of fused-ring (bicyclic) bond motifs is 2. The maximum Gasteiger partial charge on any atom is 0.418 e. The Labute approximate surface area is 123 Å². The average Bonchev–Trinajstić information content (AvgIpc) is 2.99. The number of nitrogens with two attached hydrogens (primary N) is 1. The fourth-order valence-corrected chi connectivity index (χ4v) is 3.78. The van der Waals surface area contributed by atoms with E-state index in [1.54, 1.807) is 19.1 Å². The van der Waals surface area contributed by atoms with Crippen molar-refractivity contribution in [1.82, 2.24) is 0 Å². The lowest BCUT2D eigenvalue weighted by Gasteiger charge is -2.31. The summed E-state index contributed by atoms with van der Waals surface area (Å²) in [7, 11) is 0. The van der Waals surface area contributed by atoms with Crippen LogP contribution in [0, 0.1) is 5.92 Å². The van der Waals surface area contributed by atoms with Gasteiger partial charge in [-0.3, -0.25) is 0 Å². The van der Waals surface area contributed by atoms with E-state index < -0.39 is 11.7 Å². The Morgan fingerprint density at radius 2 is 2.10 bits per heavy atom. The van der Waals surface area contributed by atoms with E-state index in [2.05, 4.69) is 0 Å². The number of nitrogens with zero attached hydrogens (tertiary/aromatic N) is 1. The lowest BCUT2D eigenvalue weighted by atomic mass is 10.0. The highest BCUT2D eigenvalue weighted by atomic mass is 19.4. The van der Waals surface area contributed by atoms with Gasteiger partial charge in [-0.25, -0.2) is 0 Å². The van der Waals surface area contributed by atoms with Crippen molar-refractivity contribution < 1.29 is 13.2 Å². The van der Waals surface area contributed by atoms with E-state index in [0.29, 0.717) is 23.6 Å². The number of anilines is 1. The van der Waals surface area contributed by atoms with Crippen molar-refractivity contribution in [3.63, 3.8) is 0 Å². The first-order valence-electron chi connectivity index (χ1n) is 7.57. The summed E-state index contributed by atoms with van der Waals surface area (Å²) in [4.78, 5) is 1.96. The molecule has 3 unspecified atom stereocenters. The average molecular weight is 298 g/mol. The van der Waals surface area contributed by atoms with E-state index in [1.165, 1.54) is 6.07 Å². The summed E-state index contributed by atoms with van der Waals surface area (Å²) < 4.78 is 40.2. The number of hydrogen-bond acceptors (Lipinski definition) is 2. The second-order valence-corrected chi connectivity index (χ2v) is 6.52. The van der Waals surface area contributed by atoms with Crippen LogP contribution < -0.4 is 10.6 Å². The van der Waals surface area contributed by atoms with Crippen LogP contribution in [0.2, 0.25) is 0 Å². The molecule has 1 aliphatic carbocycles. The summed E-state index contributed by atoms with van der Waals surface area (Å²) in [5, 5.41) is 0. The van der Waals surface area contributed by atoms with Crippen LogP contribution in [-0.2, 0) is 12.6 Å². The molecule has 1 aliphatic heterocycles. The van der Waals surface area contributed by atoms with Gasteiger partial charge in [0.15, 0.2) is 0 Å². The standard InChI is InChI=1S/C16H21F3N2/c1-10(20)6-11-3-5-15(14(8-11)16(17,18)19)21-9-12-2-4-13(21)7-12/h3,5,8,10,12-13H,2,4,6-7,9,20H2,1H3. The highest BCUT2D eigenvalue weighted by Crippen LogP contribution is 2.45. The molecule has 3 atom stereocenters. The minimum atomic E-state index is -4.31. The van der Waals surface area contributed by atoms with Crippen molar-refractivity contribution in [2.24, 2.45) is 11.7 Å². The van der Waals surface area contributed by atoms with Crippen LogP contribution in [0.3, 0.4) is 0 Å². The predicted molar refractivity (Wildman–Crippen MR) is 77.3 cm³/mol. The van der Waals surface area contributed by atoms with Gasteiger partial charge in [0.05, 0.1) is 5.56 Å². The second kappa shape index (κ2) is 5.20. The highest BCUT2D eigenvalue weighted by molar-refractivity contribution is 5.58. The molecule has 0 radical (unpaired) electrons. The van der Waals surface area contributed by atoms with Crippen LogP contribution in [0.5, 0.6) is 0 Å². The molecular formula is C16H21F3N2. The first-order valence-corrected chi connectivity index (χ1v) is 7.57. The number of alkyl halides is 3. The van der Waals surface area contributed by atoms with Crippen LogP contribution in [0.25, 0.3) is 0 Å². The first-order chi connectivity index (χ1) is 9.84. The Morgan fingerprint density at radius 1 is 1.33 bits per heavy atom. The zero-order valence-corrected chi connectivity index (χ0v) is 12.2. The minimum Gasteiger partial charge on any atom is -0.368 e. The van der Waals surface area contributed by atoms with Gasteiger partial charge in [0.2, 0.25) is 0 Å². The predicted octanol–water partition coefficient (Wildman–Crippen LogP) is 3.58. The molecule has 2 nitrogen and oxygen atoms in total. The van der Waals surface area contributed by atoms with E-state index in [0.717, 1.165) is 25.8 Å². The molecule has 1 saturated heterocycles. The summed E-state index contributed by atoms with van der Waals surface area (Å²) in [5.74, 6) is 0.569. The Morgan fingerprint density at radius 3 is 2.62 bits per heavy atom. The molecule has 0 amide bonds. The number of benzene rings is 1. The lowest BCUT2D eigenvalue weighted by Crippen LogP contribution is -2.33. The largest absolute Gasteiger partial charge is 0.418 e. The molecule has 21 heavy (non-hydrogen) atoms. The monoisotopic (exact) mass is 298 g/mol. The summed E-state index contributed by atoms with van der Waals surface area (Å²) in [6.07, 6.45) is -0.631.